The number of fused-ring (bicyclic) bond motifs is 4. The van der Waals surface area contributed by atoms with E-state index in [2.05, 4.69) is 131 Å². The fraction of sp³-hybridized carbons (Fsp3) is 0. The van der Waals surface area contributed by atoms with Gasteiger partial charge in [0, 0.05) is 22.7 Å². The van der Waals surface area contributed by atoms with Crippen LogP contribution in [0, 0.1) is 22.7 Å². The standard InChI is InChI=1S/C44H27BN4/c46-28-34-25-35(29-47)44-42-43(34)48(36-17-9-3-10-18-36)40-26-32(30-13-5-1-6-14-30)21-23-38(40)45(42)39-24-22-33(31-15-7-2-8-16-31)27-41(39)49(44)37-19-11-4-12-20-37/h1-27H. The fourth-order valence-corrected chi connectivity index (χ4v) is 7.60. The largest absolute Gasteiger partial charge is 0.310 e. The van der Waals surface area contributed by atoms with Crippen LogP contribution in [-0.4, -0.2) is 6.71 Å². The van der Waals surface area contributed by atoms with Gasteiger partial charge in [-0.3, -0.25) is 0 Å². The van der Waals surface area contributed by atoms with E-state index >= 15 is 0 Å². The summed E-state index contributed by atoms with van der Waals surface area (Å²) >= 11 is 0. The molecule has 0 aliphatic carbocycles. The van der Waals surface area contributed by atoms with Gasteiger partial charge in [-0.05, 0) is 81.1 Å². The molecule has 0 spiro atoms. The molecule has 49 heavy (non-hydrogen) atoms. The van der Waals surface area contributed by atoms with Crippen LogP contribution in [0.1, 0.15) is 11.1 Å². The lowest BCUT2D eigenvalue weighted by Crippen LogP contribution is -2.61. The first kappa shape index (κ1) is 28.4. The molecule has 7 aromatic carbocycles. The highest BCUT2D eigenvalue weighted by molar-refractivity contribution is 7.00. The van der Waals surface area contributed by atoms with Crippen molar-refractivity contribution in [1.29, 1.82) is 10.5 Å². The maximum atomic E-state index is 10.8. The first-order valence-electron chi connectivity index (χ1n) is 16.4. The summed E-state index contributed by atoms with van der Waals surface area (Å²) in [5, 5.41) is 21.5. The quantitative estimate of drug-likeness (QED) is 0.184. The Hall–Kier alpha value is -6.82. The zero-order valence-corrected chi connectivity index (χ0v) is 26.5. The van der Waals surface area contributed by atoms with Gasteiger partial charge in [0.15, 0.2) is 0 Å². The van der Waals surface area contributed by atoms with E-state index in [0.29, 0.717) is 11.1 Å². The molecule has 9 rings (SSSR count). The number of anilines is 6. The molecule has 2 heterocycles. The van der Waals surface area contributed by atoms with Crippen LogP contribution in [0.3, 0.4) is 0 Å². The van der Waals surface area contributed by atoms with Crippen molar-refractivity contribution in [3.05, 3.63) is 175 Å². The van der Waals surface area contributed by atoms with Gasteiger partial charge in [-0.25, -0.2) is 0 Å². The number of hydrogen-bond donors (Lipinski definition) is 0. The van der Waals surface area contributed by atoms with Gasteiger partial charge in [0.25, 0.3) is 6.71 Å². The maximum Gasteiger partial charge on any atom is 0.252 e. The Labute approximate surface area is 286 Å². The minimum atomic E-state index is -0.218. The molecule has 0 fully saturated rings. The van der Waals surface area contributed by atoms with Crippen LogP contribution in [-0.2, 0) is 0 Å². The Bertz CT molecular complexity index is 2300. The molecule has 2 aliphatic heterocycles. The summed E-state index contributed by atoms with van der Waals surface area (Å²) in [5.74, 6) is 0. The lowest BCUT2D eigenvalue weighted by atomic mass is 9.33. The van der Waals surface area contributed by atoms with Crippen molar-refractivity contribution in [2.45, 2.75) is 0 Å². The molecule has 0 unspecified atom stereocenters. The molecule has 0 atom stereocenters. The number of benzene rings is 7. The lowest BCUT2D eigenvalue weighted by Gasteiger charge is -2.45. The van der Waals surface area contributed by atoms with Gasteiger partial charge < -0.3 is 9.80 Å². The van der Waals surface area contributed by atoms with Gasteiger partial charge in [0.1, 0.15) is 12.1 Å². The van der Waals surface area contributed by atoms with E-state index in [4.69, 9.17) is 0 Å². The smallest absolute Gasteiger partial charge is 0.252 e. The first-order chi connectivity index (χ1) is 24.2. The number of para-hydroxylation sites is 2. The summed E-state index contributed by atoms with van der Waals surface area (Å²) in [7, 11) is 0. The van der Waals surface area contributed by atoms with Crippen LogP contribution in [0.25, 0.3) is 22.3 Å². The molecule has 0 N–H and O–H groups in total. The molecule has 0 radical (unpaired) electrons. The SMILES string of the molecule is N#Cc1cc(C#N)c2c3c1N(c1ccccc1)c1cc(-c4ccccc4)ccc1B3c1ccc(-c3ccccc3)cc1N2c1ccccc1. The van der Waals surface area contributed by atoms with Crippen LogP contribution in [0.4, 0.5) is 34.1 Å². The van der Waals surface area contributed by atoms with E-state index in [0.717, 1.165) is 72.8 Å². The highest BCUT2D eigenvalue weighted by Gasteiger charge is 2.45. The van der Waals surface area contributed by atoms with Crippen LogP contribution < -0.4 is 26.2 Å². The summed E-state index contributed by atoms with van der Waals surface area (Å²) < 4.78 is 0. The predicted octanol–water partition coefficient (Wildman–Crippen LogP) is 8.85. The zero-order chi connectivity index (χ0) is 32.9. The Morgan fingerprint density at radius 3 is 1.18 bits per heavy atom. The van der Waals surface area contributed by atoms with Crippen molar-refractivity contribution in [3.8, 4) is 34.4 Å². The highest BCUT2D eigenvalue weighted by atomic mass is 15.2. The number of nitriles is 2. The minimum Gasteiger partial charge on any atom is -0.310 e. The second-order valence-corrected chi connectivity index (χ2v) is 12.4. The molecule has 7 aromatic rings. The molecule has 0 saturated carbocycles. The lowest BCUT2D eigenvalue weighted by molar-refractivity contribution is 1.23. The third kappa shape index (κ3) is 4.45. The van der Waals surface area contributed by atoms with Crippen molar-refractivity contribution in [2.24, 2.45) is 0 Å². The van der Waals surface area contributed by atoms with E-state index < -0.39 is 0 Å². The predicted molar refractivity (Wildman–Crippen MR) is 201 cm³/mol. The maximum absolute atomic E-state index is 10.8. The third-order valence-electron chi connectivity index (χ3n) is 9.69. The van der Waals surface area contributed by atoms with E-state index in [1.807, 2.05) is 48.5 Å². The molecule has 4 nitrogen and oxygen atoms in total. The van der Waals surface area contributed by atoms with Gasteiger partial charge in [-0.15, -0.1) is 0 Å². The Balaban J connectivity index is 1.42. The highest BCUT2D eigenvalue weighted by Crippen LogP contribution is 2.47. The van der Waals surface area contributed by atoms with Crippen molar-refractivity contribution >= 4 is 57.2 Å². The summed E-state index contributed by atoms with van der Waals surface area (Å²) in [6.45, 7) is -0.218. The van der Waals surface area contributed by atoms with E-state index in [1.165, 1.54) is 0 Å². The summed E-state index contributed by atoms with van der Waals surface area (Å²) in [6, 6.07) is 61.4. The number of rotatable bonds is 4. The Morgan fingerprint density at radius 1 is 0.408 bits per heavy atom. The second kappa shape index (κ2) is 11.5. The summed E-state index contributed by atoms with van der Waals surface area (Å²) in [5.41, 5.74) is 14.1. The van der Waals surface area contributed by atoms with Crippen molar-refractivity contribution < 1.29 is 0 Å². The Morgan fingerprint density at radius 2 is 0.796 bits per heavy atom. The van der Waals surface area contributed by atoms with E-state index in [1.54, 1.807) is 6.07 Å². The van der Waals surface area contributed by atoms with Gasteiger partial charge in [0.05, 0.1) is 22.5 Å². The Kier molecular flexibility index (Phi) is 6.64. The van der Waals surface area contributed by atoms with Gasteiger partial charge in [0.2, 0.25) is 0 Å². The molecular weight excluding hydrogens is 595 g/mol. The number of nitrogens with zero attached hydrogens (tertiary/aromatic N) is 4. The molecule has 0 bridgehead atoms. The fourth-order valence-electron chi connectivity index (χ4n) is 7.60. The summed E-state index contributed by atoms with van der Waals surface area (Å²) in [4.78, 5) is 4.45. The van der Waals surface area contributed by atoms with Crippen LogP contribution >= 0.6 is 0 Å². The minimum absolute atomic E-state index is 0.218. The van der Waals surface area contributed by atoms with Gasteiger partial charge in [-0.1, -0.05) is 121 Å². The molecule has 5 heteroatoms. The molecular formula is C44H27BN4. The summed E-state index contributed by atoms with van der Waals surface area (Å²) in [6.07, 6.45) is 0. The zero-order valence-electron chi connectivity index (χ0n) is 26.5. The third-order valence-corrected chi connectivity index (χ3v) is 9.69. The van der Waals surface area contributed by atoms with Gasteiger partial charge in [-0.2, -0.15) is 10.5 Å². The van der Waals surface area contributed by atoms with Crippen molar-refractivity contribution in [1.82, 2.24) is 0 Å². The monoisotopic (exact) mass is 622 g/mol. The van der Waals surface area contributed by atoms with E-state index in [9.17, 15) is 10.5 Å². The normalized spacial score (nSPS) is 12.3. The molecule has 0 saturated heterocycles. The van der Waals surface area contributed by atoms with Crippen LogP contribution in [0.15, 0.2) is 164 Å². The van der Waals surface area contributed by atoms with Gasteiger partial charge >= 0.3 is 0 Å². The molecule has 226 valence electrons. The average molecular weight is 623 g/mol. The van der Waals surface area contributed by atoms with Crippen molar-refractivity contribution in [2.75, 3.05) is 9.80 Å². The van der Waals surface area contributed by atoms with Crippen LogP contribution in [0.5, 0.6) is 0 Å². The van der Waals surface area contributed by atoms with Crippen LogP contribution in [0.2, 0.25) is 0 Å². The molecule has 2 aliphatic rings. The average Bonchev–Trinajstić information content (AvgIpc) is 3.18. The molecule has 0 amide bonds. The second-order valence-electron chi connectivity index (χ2n) is 12.4. The topological polar surface area (TPSA) is 54.1 Å². The number of hydrogen-bond acceptors (Lipinski definition) is 4. The first-order valence-corrected chi connectivity index (χ1v) is 16.4. The van der Waals surface area contributed by atoms with Crippen molar-refractivity contribution in [3.63, 3.8) is 0 Å². The van der Waals surface area contributed by atoms with E-state index in [-0.39, 0.29) is 6.71 Å². The molecule has 0 aromatic heterocycles.